The van der Waals surface area contributed by atoms with E-state index >= 15 is 0 Å². The summed E-state index contributed by atoms with van der Waals surface area (Å²) in [5.41, 5.74) is 0.330. The van der Waals surface area contributed by atoms with Gasteiger partial charge in [-0.05, 0) is 24.7 Å². The molecule has 0 fully saturated rings. The fourth-order valence-corrected chi connectivity index (χ4v) is 2.55. The second-order valence-electron chi connectivity index (χ2n) is 3.22. The molecule has 7 heteroatoms. The molecule has 1 rings (SSSR count). The summed E-state index contributed by atoms with van der Waals surface area (Å²) in [5, 5.41) is 10.6. The van der Waals surface area contributed by atoms with E-state index in [0.717, 1.165) is 0 Å². The van der Waals surface area contributed by atoms with Crippen LogP contribution in [-0.2, 0) is 4.57 Å². The van der Waals surface area contributed by atoms with E-state index in [4.69, 9.17) is 0 Å². The molecule has 0 spiro atoms. The Balaban J connectivity index is 0.00000225. The first kappa shape index (κ1) is 16.4. The van der Waals surface area contributed by atoms with Crippen LogP contribution in [0.4, 0.5) is 5.69 Å². The summed E-state index contributed by atoms with van der Waals surface area (Å²) in [6, 6.07) is 3.78. The van der Waals surface area contributed by atoms with Crippen LogP contribution in [0.5, 0.6) is 0 Å². The van der Waals surface area contributed by atoms with E-state index in [0.29, 0.717) is 5.56 Å². The van der Waals surface area contributed by atoms with E-state index in [2.05, 4.69) is 0 Å². The number of rotatable bonds is 3. The normalized spacial score (nSPS) is 13.7. The number of nitro groups is 1. The Morgan fingerprint density at radius 1 is 1.44 bits per heavy atom. The predicted octanol–water partition coefficient (Wildman–Crippen LogP) is -1.81. The molecule has 0 bridgehead atoms. The number of nitro benzene ring substituents is 1. The first-order chi connectivity index (χ1) is 6.88. The molecule has 0 N–H and O–H groups in total. The average molecular weight is 267 g/mol. The molecule has 0 aliphatic rings. The predicted molar refractivity (Wildman–Crippen MR) is 55.6 cm³/mol. The van der Waals surface area contributed by atoms with Crippen LogP contribution in [0.25, 0.3) is 0 Å². The van der Waals surface area contributed by atoms with Gasteiger partial charge in [0.2, 0.25) is 0 Å². The van der Waals surface area contributed by atoms with Crippen molar-refractivity contribution in [2.45, 2.75) is 13.8 Å². The van der Waals surface area contributed by atoms with Crippen molar-refractivity contribution < 1.29 is 65.8 Å². The van der Waals surface area contributed by atoms with E-state index in [1.807, 2.05) is 0 Å². The van der Waals surface area contributed by atoms with Crippen LogP contribution in [0.2, 0.25) is 0 Å². The van der Waals surface area contributed by atoms with Crippen molar-refractivity contribution in [2.75, 3.05) is 6.16 Å². The molecule has 0 aliphatic heterocycles. The van der Waals surface area contributed by atoms with Gasteiger partial charge in [0.1, 0.15) is 0 Å². The smallest absolute Gasteiger partial charge is 0.796 e. The second-order valence-corrected chi connectivity index (χ2v) is 5.68. The van der Waals surface area contributed by atoms with E-state index in [-0.39, 0.29) is 68.5 Å². The van der Waals surface area contributed by atoms with Gasteiger partial charge in [0, 0.05) is 24.8 Å². The van der Waals surface area contributed by atoms with Crippen molar-refractivity contribution in [1.29, 1.82) is 0 Å². The van der Waals surface area contributed by atoms with Crippen LogP contribution in [0.1, 0.15) is 12.5 Å². The number of non-ortho nitro benzene ring substituents is 1. The van der Waals surface area contributed by atoms with Crippen molar-refractivity contribution in [2.24, 2.45) is 0 Å². The molecule has 1 aromatic carbocycles. The van der Waals surface area contributed by atoms with E-state index < -0.39 is 12.3 Å². The van der Waals surface area contributed by atoms with Gasteiger partial charge in [-0.15, -0.1) is 0 Å². The summed E-state index contributed by atoms with van der Waals surface area (Å²) >= 11 is 0. The third kappa shape index (κ3) is 3.73. The summed E-state index contributed by atoms with van der Waals surface area (Å²) in [6.45, 7) is 3.11. The fraction of sp³-hybridized carbons (Fsp3) is 0.333. The Hall–Kier alpha value is 0.446. The summed E-state index contributed by atoms with van der Waals surface area (Å²) < 4.78 is 11.6. The van der Waals surface area contributed by atoms with Gasteiger partial charge < -0.3 is 9.46 Å². The van der Waals surface area contributed by atoms with Crippen LogP contribution in [0, 0.1) is 17.0 Å². The Bertz CT molecular complexity index is 449. The van der Waals surface area contributed by atoms with Gasteiger partial charge in [-0.25, -0.2) is 0 Å². The molecule has 0 heterocycles. The zero-order valence-corrected chi connectivity index (χ0v) is 13.5. The number of aryl methyl sites for hydroxylation is 1. The van der Waals surface area contributed by atoms with Crippen LogP contribution < -0.4 is 61.6 Å². The standard InChI is InChI=1S/C9H12NO4P.K/c1-3-15(13,14)9-5-4-8(10(11)12)6-7(9)2;/h4-6H,3H2,1-2H3,(H,13,14);/q;+1/p-1. The molecule has 1 unspecified atom stereocenters. The third-order valence-electron chi connectivity index (χ3n) is 2.17. The minimum absolute atomic E-state index is 0. The van der Waals surface area contributed by atoms with Crippen LogP contribution >= 0.6 is 7.37 Å². The molecule has 1 atom stereocenters. The second kappa shape index (κ2) is 6.40. The summed E-state index contributed by atoms with van der Waals surface area (Å²) in [7, 11) is -3.59. The summed E-state index contributed by atoms with van der Waals surface area (Å²) in [5.74, 6) is 0. The van der Waals surface area contributed by atoms with Gasteiger partial charge in [-0.2, -0.15) is 0 Å². The van der Waals surface area contributed by atoms with Crippen molar-refractivity contribution >= 4 is 18.4 Å². The Kier molecular flexibility index (Phi) is 6.58. The molecule has 0 saturated carbocycles. The van der Waals surface area contributed by atoms with Gasteiger partial charge in [-0.1, -0.05) is 6.92 Å². The molecule has 0 radical (unpaired) electrons. The molecular weight excluding hydrogens is 256 g/mol. The van der Waals surface area contributed by atoms with E-state index in [9.17, 15) is 19.6 Å². The molecule has 16 heavy (non-hydrogen) atoms. The summed E-state index contributed by atoms with van der Waals surface area (Å²) in [4.78, 5) is 21.5. The van der Waals surface area contributed by atoms with Gasteiger partial charge >= 0.3 is 51.4 Å². The minimum atomic E-state index is -3.59. The maximum Gasteiger partial charge on any atom is 1.00 e. The van der Waals surface area contributed by atoms with Crippen molar-refractivity contribution in [3.8, 4) is 0 Å². The SMILES string of the molecule is CCP(=O)([O-])c1ccc([N+](=O)[O-])cc1C.[K+]. The van der Waals surface area contributed by atoms with Crippen molar-refractivity contribution in [1.82, 2.24) is 0 Å². The quantitative estimate of drug-likeness (QED) is 0.280. The molecule has 1 aromatic rings. The third-order valence-corrected chi connectivity index (χ3v) is 4.24. The first-order valence-electron chi connectivity index (χ1n) is 4.44. The number of benzene rings is 1. The van der Waals surface area contributed by atoms with Crippen LogP contribution in [0.15, 0.2) is 18.2 Å². The number of hydrogen-bond donors (Lipinski definition) is 0. The van der Waals surface area contributed by atoms with Crippen LogP contribution in [-0.4, -0.2) is 11.1 Å². The van der Waals surface area contributed by atoms with Crippen molar-refractivity contribution in [3.63, 3.8) is 0 Å². The van der Waals surface area contributed by atoms with Gasteiger partial charge in [-0.3, -0.25) is 10.1 Å². The number of hydrogen-bond acceptors (Lipinski definition) is 4. The van der Waals surface area contributed by atoms with Gasteiger partial charge in [0.15, 0.2) is 0 Å². The van der Waals surface area contributed by atoms with Gasteiger partial charge in [0.05, 0.1) is 4.92 Å². The Labute approximate surface area is 136 Å². The topological polar surface area (TPSA) is 83.3 Å². The minimum Gasteiger partial charge on any atom is -0.796 e. The maximum atomic E-state index is 11.6. The summed E-state index contributed by atoms with van der Waals surface area (Å²) in [6.07, 6.45) is 0.0195. The van der Waals surface area contributed by atoms with E-state index in [1.54, 1.807) is 13.8 Å². The maximum absolute atomic E-state index is 11.6. The molecule has 82 valence electrons. The molecule has 0 aromatic heterocycles. The van der Waals surface area contributed by atoms with Gasteiger partial charge in [0.25, 0.3) is 5.69 Å². The molecule has 0 saturated heterocycles. The zero-order chi connectivity index (χ0) is 11.6. The fourth-order valence-electron chi connectivity index (χ4n) is 1.31. The Morgan fingerprint density at radius 3 is 2.38 bits per heavy atom. The van der Waals surface area contributed by atoms with E-state index in [1.165, 1.54) is 18.2 Å². The first-order valence-corrected chi connectivity index (χ1v) is 6.25. The molecule has 5 nitrogen and oxygen atoms in total. The average Bonchev–Trinajstić information content (AvgIpc) is 2.17. The largest absolute Gasteiger partial charge is 1.00 e. The molecular formula is C9H11KNO4P. The molecule has 0 amide bonds. The van der Waals surface area contributed by atoms with Crippen LogP contribution in [0.3, 0.4) is 0 Å². The monoisotopic (exact) mass is 267 g/mol. The zero-order valence-electron chi connectivity index (χ0n) is 9.47. The van der Waals surface area contributed by atoms with Crippen molar-refractivity contribution in [3.05, 3.63) is 33.9 Å². The molecule has 0 aliphatic carbocycles. The number of nitrogens with zero attached hydrogens (tertiary/aromatic N) is 1. The Morgan fingerprint density at radius 2 is 2.00 bits per heavy atom.